The third-order valence-electron chi connectivity index (χ3n) is 9.98. The summed E-state index contributed by atoms with van der Waals surface area (Å²) in [7, 11) is 0. The van der Waals surface area contributed by atoms with Gasteiger partial charge in [-0.2, -0.15) is 0 Å². The van der Waals surface area contributed by atoms with Crippen LogP contribution in [0.4, 0.5) is 0 Å². The van der Waals surface area contributed by atoms with Crippen LogP contribution in [-0.4, -0.2) is 11.2 Å². The second-order valence-electron chi connectivity index (χ2n) is 13.1. The molecule has 0 aromatic heterocycles. The highest BCUT2D eigenvalue weighted by Gasteiger charge is 2.57. The minimum Gasteiger partial charge on any atom is -0.388 e. The van der Waals surface area contributed by atoms with Crippen LogP contribution in [0.25, 0.3) is 0 Å². The van der Waals surface area contributed by atoms with Crippen LogP contribution in [0.15, 0.2) is 47.6 Å². The molecule has 3 fully saturated rings. The Morgan fingerprint density at radius 3 is 2.50 bits per heavy atom. The van der Waals surface area contributed by atoms with Crippen molar-refractivity contribution in [2.45, 2.75) is 112 Å². The molecule has 0 radical (unpaired) electrons. The zero-order valence-corrected chi connectivity index (χ0v) is 22.2. The van der Waals surface area contributed by atoms with Crippen molar-refractivity contribution in [1.29, 1.82) is 0 Å². The van der Waals surface area contributed by atoms with Gasteiger partial charge in [-0.15, -0.1) is 0 Å². The third kappa shape index (κ3) is 4.75. The fraction of sp³-hybridized carbons (Fsp3) is 0.742. The Morgan fingerprint density at radius 1 is 1.16 bits per heavy atom. The molecule has 3 rings (SSSR count). The second kappa shape index (κ2) is 9.28. The monoisotopic (exact) mass is 438 g/mol. The van der Waals surface area contributed by atoms with Gasteiger partial charge in [-0.1, -0.05) is 92.2 Å². The Kier molecular flexibility index (Phi) is 7.41. The SMILES string of the molecule is C=C1/C(=C\C=C2/CCC[C@]3(C)[C@@H]([C@H](C)CCCC(C)(C)C)CC[C@@]23C)C[C@@H](O)C(=C)[C@@H]1C. The van der Waals surface area contributed by atoms with Crippen molar-refractivity contribution in [1.82, 2.24) is 0 Å². The quantitative estimate of drug-likeness (QED) is 0.425. The van der Waals surface area contributed by atoms with E-state index in [-0.39, 0.29) is 5.92 Å². The van der Waals surface area contributed by atoms with Gasteiger partial charge < -0.3 is 5.11 Å². The van der Waals surface area contributed by atoms with E-state index in [1.54, 1.807) is 5.57 Å². The lowest BCUT2D eigenvalue weighted by Gasteiger charge is -2.51. The predicted octanol–water partition coefficient (Wildman–Crippen LogP) is 8.81. The first-order chi connectivity index (χ1) is 14.8. The molecule has 3 aliphatic carbocycles. The van der Waals surface area contributed by atoms with Crippen LogP contribution in [0, 0.1) is 34.0 Å². The van der Waals surface area contributed by atoms with Crippen molar-refractivity contribution in [2.24, 2.45) is 34.0 Å². The smallest absolute Gasteiger partial charge is 0.0793 e. The molecule has 0 aromatic carbocycles. The molecular weight excluding hydrogens is 388 g/mol. The van der Waals surface area contributed by atoms with Gasteiger partial charge >= 0.3 is 0 Å². The summed E-state index contributed by atoms with van der Waals surface area (Å²) in [6.07, 6.45) is 15.6. The van der Waals surface area contributed by atoms with Gasteiger partial charge in [0.25, 0.3) is 0 Å². The number of rotatable bonds is 5. The van der Waals surface area contributed by atoms with Gasteiger partial charge in [0.1, 0.15) is 0 Å². The maximum absolute atomic E-state index is 10.4. The Hall–Kier alpha value is -1.08. The molecule has 0 heterocycles. The Bertz CT molecular complexity index is 790. The predicted molar refractivity (Wildman–Crippen MR) is 139 cm³/mol. The molecule has 0 amide bonds. The van der Waals surface area contributed by atoms with Gasteiger partial charge in [0.05, 0.1) is 6.10 Å². The lowest BCUT2D eigenvalue weighted by Crippen LogP contribution is -2.43. The summed E-state index contributed by atoms with van der Waals surface area (Å²) in [5.74, 6) is 1.81. The minimum absolute atomic E-state index is 0.167. The minimum atomic E-state index is -0.433. The van der Waals surface area contributed by atoms with E-state index < -0.39 is 6.10 Å². The molecule has 0 aromatic rings. The average Bonchev–Trinajstić information content (AvgIpc) is 2.98. The lowest BCUT2D eigenvalue weighted by atomic mass is 9.53. The van der Waals surface area contributed by atoms with Crippen LogP contribution in [0.1, 0.15) is 106 Å². The van der Waals surface area contributed by atoms with E-state index >= 15 is 0 Å². The van der Waals surface area contributed by atoms with E-state index in [1.165, 1.54) is 56.9 Å². The molecule has 0 bridgehead atoms. The number of fused-ring (bicyclic) bond motifs is 1. The molecule has 3 aliphatic rings. The van der Waals surface area contributed by atoms with Crippen LogP contribution in [-0.2, 0) is 0 Å². The summed E-state index contributed by atoms with van der Waals surface area (Å²) >= 11 is 0. The second-order valence-corrected chi connectivity index (χ2v) is 13.1. The summed E-state index contributed by atoms with van der Waals surface area (Å²) in [6, 6.07) is 0. The third-order valence-corrected chi connectivity index (χ3v) is 9.98. The maximum Gasteiger partial charge on any atom is 0.0793 e. The molecule has 0 saturated heterocycles. The Morgan fingerprint density at radius 2 is 1.84 bits per heavy atom. The molecule has 1 N–H and O–H groups in total. The number of aliphatic hydroxyl groups is 1. The molecule has 0 aliphatic heterocycles. The van der Waals surface area contributed by atoms with E-state index in [1.807, 2.05) is 0 Å². The summed E-state index contributed by atoms with van der Waals surface area (Å²) < 4.78 is 0. The van der Waals surface area contributed by atoms with Crippen LogP contribution in [0.5, 0.6) is 0 Å². The van der Waals surface area contributed by atoms with Crippen molar-refractivity contribution < 1.29 is 5.11 Å². The first-order valence-electron chi connectivity index (χ1n) is 13.3. The zero-order chi connectivity index (χ0) is 23.9. The number of hydrogen-bond donors (Lipinski definition) is 1. The van der Waals surface area contributed by atoms with Gasteiger partial charge in [-0.05, 0) is 83.3 Å². The zero-order valence-electron chi connectivity index (χ0n) is 22.2. The summed E-state index contributed by atoms with van der Waals surface area (Å²) in [5, 5.41) is 10.4. The Balaban J connectivity index is 1.79. The Labute approximate surface area is 199 Å². The highest BCUT2D eigenvalue weighted by molar-refractivity contribution is 5.44. The van der Waals surface area contributed by atoms with Crippen molar-refractivity contribution >= 4 is 0 Å². The first-order valence-corrected chi connectivity index (χ1v) is 13.3. The molecule has 0 unspecified atom stereocenters. The summed E-state index contributed by atoms with van der Waals surface area (Å²) in [5.41, 5.74) is 6.06. The van der Waals surface area contributed by atoms with Crippen molar-refractivity contribution in [3.05, 3.63) is 47.6 Å². The van der Waals surface area contributed by atoms with Crippen LogP contribution >= 0.6 is 0 Å². The van der Waals surface area contributed by atoms with E-state index in [9.17, 15) is 5.11 Å². The molecule has 3 saturated carbocycles. The number of aliphatic hydroxyl groups excluding tert-OH is 1. The molecule has 180 valence electrons. The summed E-state index contributed by atoms with van der Waals surface area (Å²) in [4.78, 5) is 0. The highest BCUT2D eigenvalue weighted by atomic mass is 16.3. The van der Waals surface area contributed by atoms with E-state index in [4.69, 9.17) is 0 Å². The normalized spacial score (nSPS) is 39.6. The van der Waals surface area contributed by atoms with Gasteiger partial charge in [0.2, 0.25) is 0 Å². The van der Waals surface area contributed by atoms with Gasteiger partial charge in [0.15, 0.2) is 0 Å². The van der Waals surface area contributed by atoms with Crippen molar-refractivity contribution in [2.75, 3.05) is 0 Å². The average molecular weight is 439 g/mol. The molecule has 1 heteroatoms. The first kappa shape index (κ1) is 25.5. The fourth-order valence-electron chi connectivity index (χ4n) is 7.34. The number of allylic oxidation sites excluding steroid dienone is 4. The van der Waals surface area contributed by atoms with Crippen LogP contribution < -0.4 is 0 Å². The highest BCUT2D eigenvalue weighted by Crippen LogP contribution is 2.67. The standard InChI is InChI=1S/C31H50O/c1-21(12-10-17-29(5,6)7)27-16-19-30(8)26(13-11-18-31(27,30)9)15-14-25-20-28(32)24(4)22(2)23(25)3/h14-15,21-22,27-28,32H,3-4,10-13,16-20H2,1-2,5-9H3/b25-14-,26-15+/t21-,22-,27-,28-,30+,31-/m1/s1. The van der Waals surface area contributed by atoms with E-state index in [0.717, 1.165) is 23.0 Å². The maximum atomic E-state index is 10.4. The van der Waals surface area contributed by atoms with Crippen LogP contribution in [0.2, 0.25) is 0 Å². The lowest BCUT2D eigenvalue weighted by molar-refractivity contribution is 0.0338. The van der Waals surface area contributed by atoms with E-state index in [2.05, 4.69) is 73.8 Å². The topological polar surface area (TPSA) is 20.2 Å². The molecule has 1 nitrogen and oxygen atoms in total. The van der Waals surface area contributed by atoms with Gasteiger partial charge in [-0.25, -0.2) is 0 Å². The molecule has 32 heavy (non-hydrogen) atoms. The van der Waals surface area contributed by atoms with E-state index in [0.29, 0.717) is 22.7 Å². The van der Waals surface area contributed by atoms with Crippen molar-refractivity contribution in [3.63, 3.8) is 0 Å². The van der Waals surface area contributed by atoms with Crippen LogP contribution in [0.3, 0.4) is 0 Å². The van der Waals surface area contributed by atoms with Gasteiger partial charge in [0, 0.05) is 12.3 Å². The molecular formula is C31H50O. The largest absolute Gasteiger partial charge is 0.388 e. The molecule has 0 spiro atoms. The number of hydrogen-bond acceptors (Lipinski definition) is 1. The van der Waals surface area contributed by atoms with Crippen molar-refractivity contribution in [3.8, 4) is 0 Å². The van der Waals surface area contributed by atoms with Gasteiger partial charge in [-0.3, -0.25) is 0 Å². The molecule has 6 atom stereocenters. The summed E-state index contributed by atoms with van der Waals surface area (Å²) in [6.45, 7) is 25.4. The fourth-order valence-corrected chi connectivity index (χ4v) is 7.34.